The predicted octanol–water partition coefficient (Wildman–Crippen LogP) is 6.98. The summed E-state index contributed by atoms with van der Waals surface area (Å²) in [6, 6.07) is 19.9. The van der Waals surface area contributed by atoms with Crippen molar-refractivity contribution in [1.82, 2.24) is 10.6 Å². The number of anilines is 1. The van der Waals surface area contributed by atoms with Crippen LogP contribution in [-0.2, 0) is 12.0 Å². The lowest BCUT2D eigenvalue weighted by molar-refractivity contribution is 0.0810. The highest BCUT2D eigenvalue weighted by molar-refractivity contribution is 8.25. The molecule has 2 fully saturated rings. The van der Waals surface area contributed by atoms with E-state index in [1.807, 2.05) is 68.4 Å². The highest BCUT2D eigenvalue weighted by Gasteiger charge is 2.33. The zero-order valence-corrected chi connectivity index (χ0v) is 27.9. The topological polar surface area (TPSA) is 114 Å². The predicted molar refractivity (Wildman–Crippen MR) is 183 cm³/mol. The lowest BCUT2D eigenvalue weighted by atomic mass is 9.92. The molecular weight excluding hydrogens is 605 g/mol. The van der Waals surface area contributed by atoms with Crippen molar-refractivity contribution in [3.63, 3.8) is 0 Å². The Labute approximate surface area is 273 Å². The summed E-state index contributed by atoms with van der Waals surface area (Å²) in [5.74, 6) is -0.336. The SMILES string of the molecule is COc1cccc(C(C)(C)NC[C@H](O)[C@H](Cc2ccccc2)NC(=O)c2cc(C3CCCC3)cc(N3CCCCS3(O)O)c2F)c1. The molecule has 2 atom stereocenters. The molecule has 250 valence electrons. The van der Waals surface area contributed by atoms with Gasteiger partial charge in [-0.2, -0.15) is 0 Å². The molecule has 0 unspecified atom stereocenters. The summed E-state index contributed by atoms with van der Waals surface area (Å²) in [4.78, 5) is 14.0. The van der Waals surface area contributed by atoms with Crippen molar-refractivity contribution in [2.75, 3.05) is 30.3 Å². The van der Waals surface area contributed by atoms with Crippen LogP contribution in [0.3, 0.4) is 0 Å². The van der Waals surface area contributed by atoms with E-state index in [0.29, 0.717) is 25.8 Å². The monoisotopic (exact) mass is 653 g/mol. The third-order valence-electron chi connectivity index (χ3n) is 9.42. The zero-order valence-electron chi connectivity index (χ0n) is 27.0. The Hall–Kier alpha value is -3.15. The highest BCUT2D eigenvalue weighted by atomic mass is 32.3. The normalized spacial score (nSPS) is 19.0. The Kier molecular flexibility index (Phi) is 11.0. The molecule has 0 aromatic heterocycles. The van der Waals surface area contributed by atoms with Gasteiger partial charge < -0.3 is 20.5 Å². The van der Waals surface area contributed by atoms with E-state index < -0.39 is 40.2 Å². The van der Waals surface area contributed by atoms with Crippen LogP contribution in [0.4, 0.5) is 10.1 Å². The van der Waals surface area contributed by atoms with Gasteiger partial charge in [-0.3, -0.25) is 18.2 Å². The van der Waals surface area contributed by atoms with Crippen LogP contribution in [0.15, 0.2) is 66.7 Å². The molecule has 3 aromatic rings. The number of halogens is 1. The number of rotatable bonds is 12. The lowest BCUT2D eigenvalue weighted by Crippen LogP contribution is -2.51. The smallest absolute Gasteiger partial charge is 0.254 e. The summed E-state index contributed by atoms with van der Waals surface area (Å²) in [6.07, 6.45) is 4.66. The third-order valence-corrected chi connectivity index (χ3v) is 11.3. The largest absolute Gasteiger partial charge is 0.497 e. The molecule has 2 aliphatic rings. The molecule has 1 aliphatic heterocycles. The van der Waals surface area contributed by atoms with Crippen molar-refractivity contribution in [2.24, 2.45) is 0 Å². The summed E-state index contributed by atoms with van der Waals surface area (Å²) in [5.41, 5.74) is 2.13. The second-order valence-corrected chi connectivity index (χ2v) is 15.2. The van der Waals surface area contributed by atoms with Crippen LogP contribution >= 0.6 is 10.8 Å². The molecule has 1 saturated carbocycles. The second-order valence-electron chi connectivity index (χ2n) is 13.1. The molecular formula is C36H48FN3O5S. The standard InChI is InChI=1S/C36H48FN3O5S/c1-36(2,28-16-11-17-29(23-28)45-3)38-24-33(41)31(20-25-12-5-4-6-13-25)39-35(42)30-21-27(26-14-7-8-15-26)22-32(34(30)37)40-18-9-10-19-46(40,43)44/h4-6,11-13,16-17,21-23,26,31,33,38,41,43-44H,7-10,14-15,18-20,24H2,1-3H3,(H,39,42)/t31-,33-/m0/s1. The Balaban J connectivity index is 1.42. The van der Waals surface area contributed by atoms with Gasteiger partial charge in [-0.25, -0.2) is 4.39 Å². The summed E-state index contributed by atoms with van der Waals surface area (Å²) in [5, 5.41) is 17.9. The summed E-state index contributed by atoms with van der Waals surface area (Å²) >= 11 is 0. The van der Waals surface area contributed by atoms with E-state index in [2.05, 4.69) is 10.6 Å². The Bertz CT molecular complexity index is 1480. The average Bonchev–Trinajstić information content (AvgIpc) is 3.59. The van der Waals surface area contributed by atoms with Gasteiger partial charge in [0.05, 0.1) is 36.3 Å². The number of aliphatic hydroxyl groups excluding tert-OH is 1. The van der Waals surface area contributed by atoms with Crippen molar-refractivity contribution in [2.45, 2.75) is 82.4 Å². The highest BCUT2D eigenvalue weighted by Crippen LogP contribution is 2.51. The quantitative estimate of drug-likeness (QED) is 0.143. The van der Waals surface area contributed by atoms with E-state index >= 15 is 4.39 Å². The minimum Gasteiger partial charge on any atom is -0.497 e. The number of benzene rings is 3. The fraction of sp³-hybridized carbons (Fsp3) is 0.472. The van der Waals surface area contributed by atoms with Crippen LogP contribution < -0.4 is 19.7 Å². The number of carbonyl (C=O) groups excluding carboxylic acids is 1. The number of amides is 1. The molecule has 0 bridgehead atoms. The van der Waals surface area contributed by atoms with Gasteiger partial charge in [-0.1, -0.05) is 55.3 Å². The van der Waals surface area contributed by atoms with Gasteiger partial charge in [0.25, 0.3) is 5.91 Å². The second kappa shape index (κ2) is 14.7. The number of nitrogens with one attached hydrogen (secondary N) is 2. The van der Waals surface area contributed by atoms with E-state index in [1.54, 1.807) is 19.2 Å². The van der Waals surface area contributed by atoms with Crippen LogP contribution in [0.2, 0.25) is 0 Å². The fourth-order valence-corrected chi connectivity index (χ4v) is 8.25. The first-order valence-corrected chi connectivity index (χ1v) is 18.0. The maximum Gasteiger partial charge on any atom is 0.254 e. The van der Waals surface area contributed by atoms with Crippen molar-refractivity contribution in [3.05, 3.63) is 94.8 Å². The number of carbonyl (C=O) groups is 1. The van der Waals surface area contributed by atoms with Gasteiger partial charge in [0.1, 0.15) is 5.75 Å². The van der Waals surface area contributed by atoms with E-state index in [4.69, 9.17) is 4.74 Å². The molecule has 0 spiro atoms. The number of aliphatic hydroxyl groups is 1. The van der Waals surface area contributed by atoms with Crippen LogP contribution in [0, 0.1) is 5.82 Å². The minimum absolute atomic E-state index is 0.0658. The first-order chi connectivity index (χ1) is 22.0. The Morgan fingerprint density at radius 3 is 2.48 bits per heavy atom. The summed E-state index contributed by atoms with van der Waals surface area (Å²) in [7, 11) is -1.58. The van der Waals surface area contributed by atoms with Gasteiger partial charge >= 0.3 is 0 Å². The molecule has 3 aromatic carbocycles. The summed E-state index contributed by atoms with van der Waals surface area (Å²) in [6.45, 7) is 4.48. The van der Waals surface area contributed by atoms with Crippen LogP contribution in [-0.4, -0.2) is 58.2 Å². The number of ether oxygens (including phenoxy) is 1. The molecule has 1 saturated heterocycles. The molecule has 46 heavy (non-hydrogen) atoms. The average molecular weight is 654 g/mol. The van der Waals surface area contributed by atoms with E-state index in [0.717, 1.165) is 48.1 Å². The maximum absolute atomic E-state index is 16.4. The summed E-state index contributed by atoms with van der Waals surface area (Å²) < 4.78 is 44.8. The zero-order chi connectivity index (χ0) is 32.9. The van der Waals surface area contributed by atoms with E-state index in [-0.39, 0.29) is 29.5 Å². The van der Waals surface area contributed by atoms with Crippen molar-refractivity contribution in [1.29, 1.82) is 0 Å². The molecule has 0 radical (unpaired) electrons. The number of hydrogen-bond acceptors (Lipinski definition) is 7. The molecule has 1 heterocycles. The van der Waals surface area contributed by atoms with Crippen molar-refractivity contribution in [3.8, 4) is 5.75 Å². The Morgan fingerprint density at radius 1 is 1.04 bits per heavy atom. The fourth-order valence-electron chi connectivity index (χ4n) is 6.57. The molecule has 5 N–H and O–H groups in total. The van der Waals surface area contributed by atoms with Gasteiger partial charge in [0.2, 0.25) is 0 Å². The van der Waals surface area contributed by atoms with E-state index in [1.165, 1.54) is 4.31 Å². The minimum atomic E-state index is -3.20. The van der Waals surface area contributed by atoms with Gasteiger partial charge in [0.15, 0.2) is 5.82 Å². The number of hydrogen-bond donors (Lipinski definition) is 5. The van der Waals surface area contributed by atoms with Crippen LogP contribution in [0.5, 0.6) is 5.75 Å². The van der Waals surface area contributed by atoms with Gasteiger partial charge in [0, 0.05) is 18.6 Å². The molecule has 1 aliphatic carbocycles. The molecule has 1 amide bonds. The first-order valence-electron chi connectivity index (χ1n) is 16.3. The lowest BCUT2D eigenvalue weighted by Gasteiger charge is -2.47. The Morgan fingerprint density at radius 2 is 1.78 bits per heavy atom. The number of methoxy groups -OCH3 is 1. The van der Waals surface area contributed by atoms with Crippen LogP contribution in [0.1, 0.15) is 85.3 Å². The van der Waals surface area contributed by atoms with Gasteiger partial charge in [-0.05, 0) is 92.8 Å². The van der Waals surface area contributed by atoms with Gasteiger partial charge in [-0.15, -0.1) is 10.8 Å². The molecule has 5 rings (SSSR count). The van der Waals surface area contributed by atoms with Crippen molar-refractivity contribution < 1.29 is 28.1 Å². The van der Waals surface area contributed by atoms with Crippen LogP contribution in [0.25, 0.3) is 0 Å². The molecule has 10 heteroatoms. The first kappa shape index (κ1) is 34.2. The maximum atomic E-state index is 16.4. The van der Waals surface area contributed by atoms with E-state index in [9.17, 15) is 19.0 Å². The molecule has 8 nitrogen and oxygen atoms in total. The number of nitrogens with zero attached hydrogens (tertiary/aromatic N) is 1. The third kappa shape index (κ3) is 8.04. The van der Waals surface area contributed by atoms with Crippen molar-refractivity contribution >= 4 is 22.4 Å².